The molecule has 186 valence electrons. The maximum Gasteiger partial charge on any atom is 0.253 e. The molecule has 8 heteroatoms. The fourth-order valence-corrected chi connectivity index (χ4v) is 5.61. The second-order valence-electron chi connectivity index (χ2n) is 9.54. The highest BCUT2D eigenvalue weighted by molar-refractivity contribution is 6.35. The van der Waals surface area contributed by atoms with Crippen LogP contribution in [0.3, 0.4) is 0 Å². The summed E-state index contributed by atoms with van der Waals surface area (Å²) in [5, 5.41) is 7.16. The van der Waals surface area contributed by atoms with E-state index in [4.69, 9.17) is 23.2 Å². The number of likely N-dealkylation sites (tertiary alicyclic amines) is 1. The number of carbonyl (C=O) groups is 3. The van der Waals surface area contributed by atoms with Gasteiger partial charge in [-0.1, -0.05) is 54.2 Å². The maximum absolute atomic E-state index is 13.2. The van der Waals surface area contributed by atoms with Gasteiger partial charge in [0.2, 0.25) is 5.91 Å². The van der Waals surface area contributed by atoms with Crippen molar-refractivity contribution < 1.29 is 14.4 Å². The van der Waals surface area contributed by atoms with Crippen molar-refractivity contribution in [2.45, 2.75) is 57.5 Å². The first-order chi connectivity index (χ1) is 16.8. The van der Waals surface area contributed by atoms with E-state index >= 15 is 0 Å². The molecule has 35 heavy (non-hydrogen) atoms. The smallest absolute Gasteiger partial charge is 0.253 e. The Bertz CT molecular complexity index is 1090. The van der Waals surface area contributed by atoms with Crippen LogP contribution in [-0.4, -0.2) is 47.8 Å². The molecule has 1 saturated carbocycles. The molecule has 3 atom stereocenters. The third-order valence-electron chi connectivity index (χ3n) is 6.99. The first kappa shape index (κ1) is 25.5. The molecule has 0 spiro atoms. The summed E-state index contributed by atoms with van der Waals surface area (Å²) in [5.74, 6) is -0.637. The average molecular weight is 516 g/mol. The number of amides is 3. The Kier molecular flexibility index (Phi) is 8.34. The number of nitrogens with zero attached hydrogens (tertiary/aromatic N) is 1. The number of hydrogen-bond acceptors (Lipinski definition) is 3. The lowest BCUT2D eigenvalue weighted by molar-refractivity contribution is -0.127. The van der Waals surface area contributed by atoms with Crippen LogP contribution in [0.1, 0.15) is 64.8 Å². The summed E-state index contributed by atoms with van der Waals surface area (Å²) >= 11 is 12.1. The Morgan fingerprint density at radius 1 is 0.886 bits per heavy atom. The SMILES string of the molecule is Cc1ccccc1C(=O)N[C@@H]1CCCC[C@H]1NC(=O)[C@@H]1CCCN(C(=O)c2cc(Cl)cc(Cl)c2)C1. The van der Waals surface area contributed by atoms with Crippen molar-refractivity contribution in [3.05, 3.63) is 69.2 Å². The predicted molar refractivity (Wildman–Crippen MR) is 138 cm³/mol. The van der Waals surface area contributed by atoms with E-state index in [0.717, 1.165) is 44.1 Å². The standard InChI is InChI=1S/C27H31Cl2N3O3/c1-17-7-2-3-9-22(17)26(34)31-24-11-5-4-10-23(24)30-25(33)18-8-6-12-32(16-18)27(35)19-13-20(28)15-21(29)14-19/h2-3,7,9,13-15,18,23-24H,4-6,8,10-12,16H2,1H3,(H,30,33)(H,31,34)/t18-,23-,24-/m1/s1. The van der Waals surface area contributed by atoms with Crippen LogP contribution in [-0.2, 0) is 4.79 Å². The number of aryl methyl sites for hydroxylation is 1. The molecule has 2 fully saturated rings. The second-order valence-corrected chi connectivity index (χ2v) is 10.4. The van der Waals surface area contributed by atoms with Crippen molar-refractivity contribution in [2.24, 2.45) is 5.92 Å². The van der Waals surface area contributed by atoms with Gasteiger partial charge in [-0.3, -0.25) is 14.4 Å². The zero-order chi connectivity index (χ0) is 24.9. The summed E-state index contributed by atoms with van der Waals surface area (Å²) in [4.78, 5) is 40.8. The minimum atomic E-state index is -0.294. The quantitative estimate of drug-likeness (QED) is 0.587. The van der Waals surface area contributed by atoms with Gasteiger partial charge < -0.3 is 15.5 Å². The molecule has 2 aromatic carbocycles. The molecule has 0 bridgehead atoms. The zero-order valence-corrected chi connectivity index (χ0v) is 21.4. The van der Waals surface area contributed by atoms with E-state index in [2.05, 4.69) is 10.6 Å². The summed E-state index contributed by atoms with van der Waals surface area (Å²) in [6.07, 6.45) is 5.13. The molecule has 3 amide bonds. The third-order valence-corrected chi connectivity index (χ3v) is 7.43. The number of benzene rings is 2. The summed E-state index contributed by atoms with van der Waals surface area (Å²) in [6.45, 7) is 2.86. The van der Waals surface area contributed by atoms with Crippen LogP contribution in [0.2, 0.25) is 10.0 Å². The van der Waals surface area contributed by atoms with Gasteiger partial charge in [0.25, 0.3) is 11.8 Å². The number of rotatable bonds is 5. The molecule has 6 nitrogen and oxygen atoms in total. The topological polar surface area (TPSA) is 78.5 Å². The fraction of sp³-hybridized carbons (Fsp3) is 0.444. The van der Waals surface area contributed by atoms with Gasteiger partial charge in [-0.15, -0.1) is 0 Å². The lowest BCUT2D eigenvalue weighted by Crippen LogP contribution is -2.55. The highest BCUT2D eigenvalue weighted by Gasteiger charge is 2.33. The molecule has 1 heterocycles. The molecular formula is C27H31Cl2N3O3. The minimum Gasteiger partial charge on any atom is -0.351 e. The molecule has 1 aliphatic heterocycles. The van der Waals surface area contributed by atoms with Crippen LogP contribution in [0.25, 0.3) is 0 Å². The lowest BCUT2D eigenvalue weighted by atomic mass is 9.88. The molecule has 4 rings (SSSR count). The van der Waals surface area contributed by atoms with Crippen LogP contribution in [0.5, 0.6) is 0 Å². The fourth-order valence-electron chi connectivity index (χ4n) is 5.09. The number of halogens is 2. The van der Waals surface area contributed by atoms with Crippen molar-refractivity contribution in [2.75, 3.05) is 13.1 Å². The lowest BCUT2D eigenvalue weighted by Gasteiger charge is -2.36. The van der Waals surface area contributed by atoms with Crippen molar-refractivity contribution in [1.29, 1.82) is 0 Å². The first-order valence-corrected chi connectivity index (χ1v) is 13.0. The number of piperidine rings is 1. The van der Waals surface area contributed by atoms with Gasteiger partial charge in [0.1, 0.15) is 0 Å². The highest BCUT2D eigenvalue weighted by Crippen LogP contribution is 2.25. The molecule has 1 aliphatic carbocycles. The van der Waals surface area contributed by atoms with Gasteiger partial charge in [-0.2, -0.15) is 0 Å². The van der Waals surface area contributed by atoms with Crippen molar-refractivity contribution in [3.63, 3.8) is 0 Å². The molecule has 0 aromatic heterocycles. The Morgan fingerprint density at radius 2 is 1.54 bits per heavy atom. The first-order valence-electron chi connectivity index (χ1n) is 12.2. The van der Waals surface area contributed by atoms with Gasteiger partial charge >= 0.3 is 0 Å². The van der Waals surface area contributed by atoms with Crippen molar-refractivity contribution in [3.8, 4) is 0 Å². The van der Waals surface area contributed by atoms with Gasteiger partial charge in [0.05, 0.1) is 5.92 Å². The van der Waals surface area contributed by atoms with Gasteiger partial charge in [0.15, 0.2) is 0 Å². The number of nitrogens with one attached hydrogen (secondary N) is 2. The molecule has 1 saturated heterocycles. The Hall–Kier alpha value is -2.57. The normalized spacial score (nSPS) is 22.4. The number of hydrogen-bond donors (Lipinski definition) is 2. The van der Waals surface area contributed by atoms with Crippen LogP contribution in [0.4, 0.5) is 0 Å². The average Bonchev–Trinajstić information content (AvgIpc) is 2.84. The molecule has 2 N–H and O–H groups in total. The molecular weight excluding hydrogens is 485 g/mol. The molecule has 0 unspecified atom stereocenters. The van der Waals surface area contributed by atoms with Crippen LogP contribution >= 0.6 is 23.2 Å². The van der Waals surface area contributed by atoms with Gasteiger partial charge in [-0.25, -0.2) is 0 Å². The highest BCUT2D eigenvalue weighted by atomic mass is 35.5. The predicted octanol–water partition coefficient (Wildman–Crippen LogP) is 5.01. The maximum atomic E-state index is 13.2. The Labute approximate surface area is 216 Å². The monoisotopic (exact) mass is 515 g/mol. The van der Waals surface area contributed by atoms with E-state index in [1.807, 2.05) is 31.2 Å². The van der Waals surface area contributed by atoms with Crippen molar-refractivity contribution in [1.82, 2.24) is 15.5 Å². The minimum absolute atomic E-state index is 0.0614. The van der Waals surface area contributed by atoms with Gasteiger partial charge in [-0.05, 0) is 62.4 Å². The summed E-state index contributed by atoms with van der Waals surface area (Å²) in [7, 11) is 0. The van der Waals surface area contributed by atoms with Crippen LogP contribution < -0.4 is 10.6 Å². The summed E-state index contributed by atoms with van der Waals surface area (Å²) in [6, 6.07) is 12.1. The van der Waals surface area contributed by atoms with E-state index in [1.54, 1.807) is 23.1 Å². The van der Waals surface area contributed by atoms with Crippen molar-refractivity contribution >= 4 is 40.9 Å². The van der Waals surface area contributed by atoms with E-state index in [9.17, 15) is 14.4 Å². The van der Waals surface area contributed by atoms with Crippen LogP contribution in [0.15, 0.2) is 42.5 Å². The van der Waals surface area contributed by atoms with E-state index < -0.39 is 0 Å². The Morgan fingerprint density at radius 3 is 2.23 bits per heavy atom. The molecule has 2 aliphatic rings. The second kappa shape index (κ2) is 11.4. The molecule has 0 radical (unpaired) electrons. The molecule has 2 aromatic rings. The van der Waals surface area contributed by atoms with Crippen LogP contribution in [0, 0.1) is 12.8 Å². The summed E-state index contributed by atoms with van der Waals surface area (Å²) in [5.41, 5.74) is 2.01. The van der Waals surface area contributed by atoms with Gasteiger partial charge in [0, 0.05) is 46.3 Å². The summed E-state index contributed by atoms with van der Waals surface area (Å²) < 4.78 is 0. The van der Waals surface area contributed by atoms with E-state index in [0.29, 0.717) is 34.3 Å². The number of carbonyl (C=O) groups excluding carboxylic acids is 3. The third kappa shape index (κ3) is 6.36. The Balaban J connectivity index is 1.38. The van der Waals surface area contributed by atoms with E-state index in [1.165, 1.54) is 0 Å². The zero-order valence-electron chi connectivity index (χ0n) is 19.9. The largest absolute Gasteiger partial charge is 0.351 e. The van der Waals surface area contributed by atoms with E-state index in [-0.39, 0.29) is 35.7 Å².